The Kier molecular flexibility index (Phi) is 5.79. The third kappa shape index (κ3) is 4.28. The first-order valence-corrected chi connectivity index (χ1v) is 9.45. The molecule has 0 amide bonds. The standard InChI is InChI=1S/C16H26N2O2S/c1-3-16-9-6-10-18(16)21(19,20)13-15-8-5-7-14(11-15)12-17-4-2/h5,7-8,11,16-17H,3-4,6,9-10,12-13H2,1-2H3. The van der Waals surface area contributed by atoms with Gasteiger partial charge in [0.2, 0.25) is 10.0 Å². The van der Waals surface area contributed by atoms with E-state index >= 15 is 0 Å². The highest BCUT2D eigenvalue weighted by molar-refractivity contribution is 7.88. The van der Waals surface area contributed by atoms with Crippen molar-refractivity contribution < 1.29 is 8.42 Å². The molecule has 5 heteroatoms. The van der Waals surface area contributed by atoms with Crippen molar-refractivity contribution in [2.75, 3.05) is 13.1 Å². The predicted octanol–water partition coefficient (Wildman–Crippen LogP) is 2.50. The number of hydrogen-bond donors (Lipinski definition) is 1. The summed E-state index contributed by atoms with van der Waals surface area (Å²) in [5.41, 5.74) is 2.02. The molecule has 1 aliphatic heterocycles. The number of sulfonamides is 1. The van der Waals surface area contributed by atoms with Gasteiger partial charge in [0.25, 0.3) is 0 Å². The van der Waals surface area contributed by atoms with Gasteiger partial charge in [0.15, 0.2) is 0 Å². The third-order valence-corrected chi connectivity index (χ3v) is 5.96. The SMILES string of the molecule is CCNCc1cccc(CS(=O)(=O)N2CCCC2CC)c1. The number of rotatable bonds is 7. The average Bonchev–Trinajstić information content (AvgIpc) is 2.94. The van der Waals surface area contributed by atoms with Gasteiger partial charge in [-0.15, -0.1) is 0 Å². The van der Waals surface area contributed by atoms with E-state index in [0.717, 1.165) is 43.5 Å². The van der Waals surface area contributed by atoms with Crippen molar-refractivity contribution in [1.29, 1.82) is 0 Å². The molecule has 1 aromatic carbocycles. The zero-order chi connectivity index (χ0) is 15.3. The first kappa shape index (κ1) is 16.5. The monoisotopic (exact) mass is 310 g/mol. The van der Waals surface area contributed by atoms with Crippen LogP contribution in [0.5, 0.6) is 0 Å². The van der Waals surface area contributed by atoms with Crippen molar-refractivity contribution in [3.05, 3.63) is 35.4 Å². The minimum atomic E-state index is -3.20. The van der Waals surface area contributed by atoms with Crippen molar-refractivity contribution >= 4 is 10.0 Å². The lowest BCUT2D eigenvalue weighted by molar-refractivity contribution is 0.379. The smallest absolute Gasteiger partial charge is 0.218 e. The second-order valence-electron chi connectivity index (χ2n) is 5.67. The van der Waals surface area contributed by atoms with Gasteiger partial charge in [-0.2, -0.15) is 4.31 Å². The number of benzene rings is 1. The van der Waals surface area contributed by atoms with Crippen molar-refractivity contribution in [3.8, 4) is 0 Å². The molecular weight excluding hydrogens is 284 g/mol. The van der Waals surface area contributed by atoms with Crippen LogP contribution in [0.4, 0.5) is 0 Å². The van der Waals surface area contributed by atoms with Crippen LogP contribution in [-0.2, 0) is 22.3 Å². The molecule has 0 bridgehead atoms. The van der Waals surface area contributed by atoms with Crippen LogP contribution < -0.4 is 5.32 Å². The van der Waals surface area contributed by atoms with E-state index in [1.165, 1.54) is 0 Å². The normalized spacial score (nSPS) is 20.0. The van der Waals surface area contributed by atoms with Crippen molar-refractivity contribution in [2.24, 2.45) is 0 Å². The van der Waals surface area contributed by atoms with Gasteiger partial charge in [0, 0.05) is 19.1 Å². The fourth-order valence-corrected chi connectivity index (χ4v) is 4.86. The highest BCUT2D eigenvalue weighted by Crippen LogP contribution is 2.25. The molecule has 0 aliphatic carbocycles. The Morgan fingerprint density at radius 3 is 2.76 bits per heavy atom. The molecule has 0 spiro atoms. The molecular formula is C16H26N2O2S. The Morgan fingerprint density at radius 1 is 1.29 bits per heavy atom. The summed E-state index contributed by atoms with van der Waals surface area (Å²) in [6, 6.07) is 8.07. The minimum absolute atomic E-state index is 0.115. The molecule has 1 aromatic rings. The zero-order valence-corrected chi connectivity index (χ0v) is 13.8. The van der Waals surface area contributed by atoms with Crippen molar-refractivity contribution in [1.82, 2.24) is 9.62 Å². The molecule has 2 rings (SSSR count). The van der Waals surface area contributed by atoms with Crippen LogP contribution >= 0.6 is 0 Å². The van der Waals surface area contributed by atoms with Crippen LogP contribution in [0.2, 0.25) is 0 Å². The van der Waals surface area contributed by atoms with Crippen molar-refractivity contribution in [3.63, 3.8) is 0 Å². The number of nitrogens with one attached hydrogen (secondary N) is 1. The Labute approximate surface area is 128 Å². The highest BCUT2D eigenvalue weighted by atomic mass is 32.2. The molecule has 1 aliphatic rings. The van der Waals surface area contributed by atoms with Crippen LogP contribution in [0.15, 0.2) is 24.3 Å². The van der Waals surface area contributed by atoms with Gasteiger partial charge in [-0.05, 0) is 36.9 Å². The lowest BCUT2D eigenvalue weighted by Gasteiger charge is -2.23. The Balaban J connectivity index is 2.09. The minimum Gasteiger partial charge on any atom is -0.313 e. The fraction of sp³-hybridized carbons (Fsp3) is 0.625. The molecule has 1 atom stereocenters. The zero-order valence-electron chi connectivity index (χ0n) is 13.0. The molecule has 1 N–H and O–H groups in total. The summed E-state index contributed by atoms with van der Waals surface area (Å²) < 4.78 is 26.9. The molecule has 1 fully saturated rings. The summed E-state index contributed by atoms with van der Waals surface area (Å²) in [6.07, 6.45) is 2.88. The molecule has 21 heavy (non-hydrogen) atoms. The Bertz CT molecular complexity index is 557. The van der Waals surface area contributed by atoms with Crippen LogP contribution in [0.25, 0.3) is 0 Å². The second-order valence-corrected chi connectivity index (χ2v) is 7.59. The quantitative estimate of drug-likeness (QED) is 0.842. The maximum Gasteiger partial charge on any atom is 0.218 e. The molecule has 0 radical (unpaired) electrons. The highest BCUT2D eigenvalue weighted by Gasteiger charge is 2.32. The van der Waals surface area contributed by atoms with E-state index in [1.807, 2.05) is 24.3 Å². The molecule has 0 aromatic heterocycles. The average molecular weight is 310 g/mol. The first-order chi connectivity index (χ1) is 10.1. The van der Waals surface area contributed by atoms with E-state index in [0.29, 0.717) is 6.54 Å². The molecule has 1 heterocycles. The van der Waals surface area contributed by atoms with Crippen LogP contribution in [-0.4, -0.2) is 31.9 Å². The Morgan fingerprint density at radius 2 is 2.05 bits per heavy atom. The summed E-state index contributed by atoms with van der Waals surface area (Å²) in [6.45, 7) is 6.50. The predicted molar refractivity (Wildman–Crippen MR) is 86.5 cm³/mol. The van der Waals surface area contributed by atoms with E-state index in [1.54, 1.807) is 4.31 Å². The van der Waals surface area contributed by atoms with Gasteiger partial charge < -0.3 is 5.32 Å². The van der Waals surface area contributed by atoms with E-state index < -0.39 is 10.0 Å². The first-order valence-electron chi connectivity index (χ1n) is 7.85. The van der Waals surface area contributed by atoms with Gasteiger partial charge in [-0.1, -0.05) is 38.1 Å². The molecule has 4 nitrogen and oxygen atoms in total. The molecule has 0 saturated carbocycles. The van der Waals surface area contributed by atoms with Gasteiger partial charge in [0.05, 0.1) is 5.75 Å². The van der Waals surface area contributed by atoms with Gasteiger partial charge in [-0.3, -0.25) is 0 Å². The summed E-state index contributed by atoms with van der Waals surface area (Å²) in [7, 11) is -3.20. The van der Waals surface area contributed by atoms with Crippen molar-refractivity contribution in [2.45, 2.75) is 51.4 Å². The molecule has 1 saturated heterocycles. The van der Waals surface area contributed by atoms with E-state index in [4.69, 9.17) is 0 Å². The fourth-order valence-electron chi connectivity index (χ4n) is 2.98. The van der Waals surface area contributed by atoms with Crippen LogP contribution in [0.3, 0.4) is 0 Å². The summed E-state index contributed by atoms with van der Waals surface area (Å²) in [4.78, 5) is 0. The summed E-state index contributed by atoms with van der Waals surface area (Å²) in [5.74, 6) is 0.115. The maximum atomic E-state index is 12.6. The maximum absolute atomic E-state index is 12.6. The summed E-state index contributed by atoms with van der Waals surface area (Å²) >= 11 is 0. The molecule has 118 valence electrons. The van der Waals surface area contributed by atoms with Crippen LogP contribution in [0, 0.1) is 0 Å². The summed E-state index contributed by atoms with van der Waals surface area (Å²) in [5, 5.41) is 3.27. The lowest BCUT2D eigenvalue weighted by Crippen LogP contribution is -2.35. The van der Waals surface area contributed by atoms with Gasteiger partial charge in [-0.25, -0.2) is 8.42 Å². The van der Waals surface area contributed by atoms with E-state index in [2.05, 4.69) is 19.2 Å². The van der Waals surface area contributed by atoms with E-state index in [9.17, 15) is 8.42 Å². The number of hydrogen-bond acceptors (Lipinski definition) is 3. The Hall–Kier alpha value is -0.910. The number of nitrogens with zero attached hydrogens (tertiary/aromatic N) is 1. The van der Waals surface area contributed by atoms with Gasteiger partial charge in [0.1, 0.15) is 0 Å². The van der Waals surface area contributed by atoms with Crippen LogP contribution in [0.1, 0.15) is 44.2 Å². The molecule has 1 unspecified atom stereocenters. The van der Waals surface area contributed by atoms with Gasteiger partial charge >= 0.3 is 0 Å². The lowest BCUT2D eigenvalue weighted by atomic mass is 10.1. The topological polar surface area (TPSA) is 49.4 Å². The second kappa shape index (κ2) is 7.38. The third-order valence-electron chi connectivity index (χ3n) is 4.07. The van der Waals surface area contributed by atoms with E-state index in [-0.39, 0.29) is 11.8 Å². The largest absolute Gasteiger partial charge is 0.313 e.